The maximum absolute atomic E-state index is 13.0. The van der Waals surface area contributed by atoms with Gasteiger partial charge in [-0.2, -0.15) is 5.10 Å². The number of H-pyrrole nitrogens is 1. The van der Waals surface area contributed by atoms with Gasteiger partial charge in [-0.25, -0.2) is 4.79 Å². The molecule has 0 saturated heterocycles. The molecule has 10 heteroatoms. The van der Waals surface area contributed by atoms with E-state index < -0.39 is 6.03 Å². The first-order chi connectivity index (χ1) is 19.9. The van der Waals surface area contributed by atoms with Gasteiger partial charge in [-0.1, -0.05) is 30.3 Å². The van der Waals surface area contributed by atoms with Gasteiger partial charge in [0, 0.05) is 57.6 Å². The number of benzene rings is 4. The zero-order chi connectivity index (χ0) is 28.5. The molecule has 10 nitrogen and oxygen atoms in total. The molecule has 1 aliphatic rings. The summed E-state index contributed by atoms with van der Waals surface area (Å²) in [6, 6.07) is 21.9. The monoisotopic (exact) mass is 548 g/mol. The average molecular weight is 549 g/mol. The summed E-state index contributed by atoms with van der Waals surface area (Å²) >= 11 is 0. The lowest BCUT2D eigenvalue weighted by atomic mass is 9.83. The lowest BCUT2D eigenvalue weighted by molar-refractivity contribution is 0.0979. The van der Waals surface area contributed by atoms with Crippen molar-refractivity contribution < 1.29 is 28.6 Å². The van der Waals surface area contributed by atoms with E-state index in [1.807, 2.05) is 0 Å². The smallest absolute Gasteiger partial charge is 0.324 e. The second kappa shape index (κ2) is 10.5. The van der Waals surface area contributed by atoms with E-state index in [0.717, 1.165) is 5.56 Å². The van der Waals surface area contributed by atoms with Gasteiger partial charge in [-0.15, -0.1) is 0 Å². The summed E-state index contributed by atoms with van der Waals surface area (Å²) in [4.78, 5) is 38.5. The molecule has 3 N–H and O–H groups in total. The van der Waals surface area contributed by atoms with Crippen LogP contribution in [0.3, 0.4) is 0 Å². The van der Waals surface area contributed by atoms with Crippen LogP contribution < -0.4 is 24.8 Å². The molecule has 6 rings (SSSR count). The van der Waals surface area contributed by atoms with E-state index in [1.165, 1.54) is 14.2 Å². The average Bonchev–Trinajstić information content (AvgIpc) is 3.39. The molecule has 0 atom stereocenters. The van der Waals surface area contributed by atoms with Crippen LogP contribution in [0.2, 0.25) is 0 Å². The van der Waals surface area contributed by atoms with E-state index >= 15 is 0 Å². The number of carbonyl (C=O) groups excluding carboxylic acids is 3. The van der Waals surface area contributed by atoms with Gasteiger partial charge in [0.05, 0.1) is 19.7 Å². The third-order valence-electron chi connectivity index (χ3n) is 6.77. The van der Waals surface area contributed by atoms with E-state index in [4.69, 9.17) is 14.2 Å². The number of nitrogens with zero attached hydrogens (tertiary/aromatic N) is 1. The topological polar surface area (TPSA) is 132 Å². The number of ether oxygens (including phenoxy) is 3. The van der Waals surface area contributed by atoms with Crippen molar-refractivity contribution in [1.29, 1.82) is 0 Å². The minimum absolute atomic E-state index is 0.159. The van der Waals surface area contributed by atoms with E-state index in [9.17, 15) is 14.4 Å². The van der Waals surface area contributed by atoms with Crippen molar-refractivity contribution in [2.45, 2.75) is 6.61 Å². The summed E-state index contributed by atoms with van der Waals surface area (Å²) in [5, 5.41) is 13.3. The Balaban J connectivity index is 1.13. The van der Waals surface area contributed by atoms with Gasteiger partial charge in [-0.3, -0.25) is 20.0 Å². The highest BCUT2D eigenvalue weighted by Crippen LogP contribution is 2.30. The summed E-state index contributed by atoms with van der Waals surface area (Å²) in [5.74, 6) is 1.65. The van der Waals surface area contributed by atoms with Gasteiger partial charge in [0.2, 0.25) is 0 Å². The van der Waals surface area contributed by atoms with Crippen LogP contribution in [0.25, 0.3) is 10.9 Å². The normalized spacial score (nSPS) is 12.0. The second-order valence-corrected chi connectivity index (χ2v) is 9.33. The Kier molecular flexibility index (Phi) is 6.56. The molecule has 204 valence electrons. The lowest BCUT2D eigenvalue weighted by Gasteiger charge is -2.18. The lowest BCUT2D eigenvalue weighted by Crippen LogP contribution is -2.21. The summed E-state index contributed by atoms with van der Waals surface area (Å²) in [5.41, 5.74) is 3.51. The third-order valence-corrected chi connectivity index (χ3v) is 6.77. The summed E-state index contributed by atoms with van der Waals surface area (Å²) in [7, 11) is 3.06. The van der Waals surface area contributed by atoms with E-state index in [2.05, 4.69) is 20.8 Å². The molecule has 5 aromatic rings. The highest BCUT2D eigenvalue weighted by molar-refractivity contribution is 6.28. The first-order valence-electron chi connectivity index (χ1n) is 12.7. The van der Waals surface area contributed by atoms with Crippen molar-refractivity contribution in [1.82, 2.24) is 10.2 Å². The quantitative estimate of drug-likeness (QED) is 0.237. The molecule has 0 unspecified atom stereocenters. The van der Waals surface area contributed by atoms with Crippen molar-refractivity contribution in [2.75, 3.05) is 24.9 Å². The van der Waals surface area contributed by atoms with Crippen LogP contribution in [0.5, 0.6) is 17.2 Å². The van der Waals surface area contributed by atoms with Crippen LogP contribution in [-0.2, 0) is 6.61 Å². The fourth-order valence-corrected chi connectivity index (χ4v) is 4.74. The van der Waals surface area contributed by atoms with Gasteiger partial charge < -0.3 is 19.5 Å². The first kappa shape index (κ1) is 25.6. The maximum Gasteiger partial charge on any atom is 0.324 e. The van der Waals surface area contributed by atoms with Crippen molar-refractivity contribution in [3.63, 3.8) is 0 Å². The SMILES string of the molecule is COc1cc(NC(=O)Nc2n[nH]c3cc(OCc4ccc5c(c4)C(=O)c4ccccc4C5=O)ccc23)cc(OC)c1. The van der Waals surface area contributed by atoms with Gasteiger partial charge in [0.1, 0.15) is 23.9 Å². The standard InChI is InChI=1S/C31H24N4O6/c1-39-20-12-18(13-21(14-20)40-2)32-31(38)33-30-25-10-8-19(15-27(25)34-35-30)41-16-17-7-9-24-26(11-17)29(37)23-6-4-3-5-22(23)28(24)36/h3-15H,16H2,1-2H3,(H3,32,33,34,35,38). The molecule has 0 aliphatic heterocycles. The molecule has 0 saturated carbocycles. The van der Waals surface area contributed by atoms with Crippen LogP contribution in [0.1, 0.15) is 37.4 Å². The molecule has 1 heterocycles. The zero-order valence-corrected chi connectivity index (χ0v) is 22.1. The van der Waals surface area contributed by atoms with Gasteiger partial charge in [-0.05, 0) is 29.8 Å². The number of anilines is 2. The Morgan fingerprint density at radius 2 is 1.44 bits per heavy atom. The number of ketones is 2. The Morgan fingerprint density at radius 1 is 0.756 bits per heavy atom. The van der Waals surface area contributed by atoms with E-state index in [0.29, 0.717) is 61.9 Å². The van der Waals surface area contributed by atoms with Crippen LogP contribution in [0.4, 0.5) is 16.3 Å². The van der Waals surface area contributed by atoms with Crippen LogP contribution in [0, 0.1) is 0 Å². The maximum atomic E-state index is 13.0. The van der Waals surface area contributed by atoms with Gasteiger partial charge in [0.15, 0.2) is 17.4 Å². The fraction of sp³-hybridized carbons (Fsp3) is 0.0968. The van der Waals surface area contributed by atoms with Crippen LogP contribution >= 0.6 is 0 Å². The number of hydrogen-bond acceptors (Lipinski definition) is 7. The number of methoxy groups -OCH3 is 2. The number of aromatic amines is 1. The van der Waals surface area contributed by atoms with Crippen LogP contribution in [0.15, 0.2) is 78.9 Å². The third kappa shape index (κ3) is 4.94. The van der Waals surface area contributed by atoms with E-state index in [1.54, 1.807) is 78.9 Å². The molecule has 1 aromatic heterocycles. The number of fused-ring (bicyclic) bond motifs is 3. The van der Waals surface area contributed by atoms with Crippen molar-refractivity contribution >= 4 is 40.0 Å². The fourth-order valence-electron chi connectivity index (χ4n) is 4.74. The molecule has 0 radical (unpaired) electrons. The van der Waals surface area contributed by atoms with Crippen LogP contribution in [-0.4, -0.2) is 42.0 Å². The molecule has 0 spiro atoms. The molecule has 0 fully saturated rings. The Bertz CT molecular complexity index is 1820. The summed E-state index contributed by atoms with van der Waals surface area (Å²) in [6.45, 7) is 0.188. The molecule has 1 aliphatic carbocycles. The highest BCUT2D eigenvalue weighted by atomic mass is 16.5. The number of hydrogen-bond donors (Lipinski definition) is 3. The summed E-state index contributed by atoms with van der Waals surface area (Å²) in [6.07, 6.45) is 0. The number of amides is 2. The molecule has 0 bridgehead atoms. The molecular formula is C31H24N4O6. The van der Waals surface area contributed by atoms with Crippen molar-refractivity contribution in [3.8, 4) is 17.2 Å². The number of aromatic nitrogens is 2. The number of rotatable bonds is 7. The second-order valence-electron chi connectivity index (χ2n) is 9.33. The predicted molar refractivity (Wildman–Crippen MR) is 152 cm³/mol. The number of carbonyl (C=O) groups is 3. The minimum Gasteiger partial charge on any atom is -0.497 e. The minimum atomic E-state index is -0.489. The first-order valence-corrected chi connectivity index (χ1v) is 12.7. The van der Waals surface area contributed by atoms with Crippen molar-refractivity contribution in [3.05, 3.63) is 107 Å². The highest BCUT2D eigenvalue weighted by Gasteiger charge is 2.29. The predicted octanol–water partition coefficient (Wildman–Crippen LogP) is 5.58. The van der Waals surface area contributed by atoms with Gasteiger partial charge in [0.25, 0.3) is 0 Å². The number of urea groups is 1. The number of nitrogens with one attached hydrogen (secondary N) is 3. The zero-order valence-electron chi connectivity index (χ0n) is 22.1. The molecular weight excluding hydrogens is 524 g/mol. The molecule has 41 heavy (non-hydrogen) atoms. The van der Waals surface area contributed by atoms with Crippen molar-refractivity contribution in [2.24, 2.45) is 0 Å². The Morgan fingerprint density at radius 3 is 2.15 bits per heavy atom. The summed E-state index contributed by atoms with van der Waals surface area (Å²) < 4.78 is 16.4. The Labute approximate surface area is 234 Å². The van der Waals surface area contributed by atoms with E-state index in [-0.39, 0.29) is 18.2 Å². The molecule has 2 amide bonds. The van der Waals surface area contributed by atoms with Gasteiger partial charge >= 0.3 is 6.03 Å². The largest absolute Gasteiger partial charge is 0.497 e. The molecule has 4 aromatic carbocycles. The Hall–Kier alpha value is -5.64.